The summed E-state index contributed by atoms with van der Waals surface area (Å²) in [5.74, 6) is 0.792. The maximum atomic E-state index is 10.0. The van der Waals surface area contributed by atoms with E-state index in [2.05, 4.69) is 4.98 Å². The summed E-state index contributed by atoms with van der Waals surface area (Å²) in [6.07, 6.45) is 0.0817. The molecule has 0 amide bonds. The molecule has 17 heavy (non-hydrogen) atoms. The molecular formula is C13H18N2O2. The van der Waals surface area contributed by atoms with Gasteiger partial charge >= 0.3 is 0 Å². The second kappa shape index (κ2) is 4.77. The fourth-order valence-corrected chi connectivity index (χ4v) is 1.87. The Labute approximate surface area is 100 Å². The van der Waals surface area contributed by atoms with E-state index in [-0.39, 0.29) is 6.04 Å². The van der Waals surface area contributed by atoms with Crippen molar-refractivity contribution in [3.63, 3.8) is 0 Å². The molecule has 4 heteroatoms. The topological polar surface area (TPSA) is 71.3 Å². The number of nitrogens with two attached hydrogens (primary N) is 1. The van der Waals surface area contributed by atoms with Crippen LogP contribution in [0.5, 0.6) is 5.75 Å². The summed E-state index contributed by atoms with van der Waals surface area (Å²) in [5, 5.41) is 11.1. The molecule has 0 aliphatic heterocycles. The van der Waals surface area contributed by atoms with Gasteiger partial charge in [0.15, 0.2) is 0 Å². The predicted molar refractivity (Wildman–Crippen MR) is 68.1 cm³/mol. The minimum atomic E-state index is -0.654. The lowest BCUT2D eigenvalue weighted by Crippen LogP contribution is -2.27. The van der Waals surface area contributed by atoms with Gasteiger partial charge in [-0.2, -0.15) is 0 Å². The molecule has 1 aromatic heterocycles. The number of hydrogen-bond donors (Lipinski definition) is 3. The number of methoxy groups -OCH3 is 1. The van der Waals surface area contributed by atoms with E-state index in [9.17, 15) is 5.11 Å². The molecule has 2 atom stereocenters. The highest BCUT2D eigenvalue weighted by Crippen LogP contribution is 2.25. The third kappa shape index (κ3) is 2.28. The van der Waals surface area contributed by atoms with Crippen LogP contribution >= 0.6 is 0 Å². The van der Waals surface area contributed by atoms with Crippen LogP contribution in [0.3, 0.4) is 0 Å². The van der Waals surface area contributed by atoms with Gasteiger partial charge in [-0.15, -0.1) is 0 Å². The van der Waals surface area contributed by atoms with Crippen LogP contribution in [0, 0.1) is 0 Å². The van der Waals surface area contributed by atoms with E-state index in [1.807, 2.05) is 31.2 Å². The van der Waals surface area contributed by atoms with Crippen molar-refractivity contribution in [2.24, 2.45) is 5.73 Å². The van der Waals surface area contributed by atoms with E-state index >= 15 is 0 Å². The molecule has 0 saturated carbocycles. The minimum absolute atomic E-state index is 0.245. The molecule has 1 heterocycles. The molecule has 0 saturated heterocycles. The fraction of sp³-hybridized carbons (Fsp3) is 0.385. The number of aromatic nitrogens is 1. The number of rotatable bonds is 4. The Kier molecular flexibility index (Phi) is 3.36. The normalized spacial score (nSPS) is 14.8. The van der Waals surface area contributed by atoms with Crippen LogP contribution in [0.2, 0.25) is 0 Å². The first-order chi connectivity index (χ1) is 8.15. The van der Waals surface area contributed by atoms with Crippen LogP contribution in [0.15, 0.2) is 24.3 Å². The van der Waals surface area contributed by atoms with E-state index in [0.29, 0.717) is 0 Å². The lowest BCUT2D eigenvalue weighted by Gasteiger charge is -2.15. The minimum Gasteiger partial charge on any atom is -0.497 e. The van der Waals surface area contributed by atoms with Gasteiger partial charge in [-0.25, -0.2) is 0 Å². The van der Waals surface area contributed by atoms with Crippen molar-refractivity contribution in [2.75, 3.05) is 7.11 Å². The van der Waals surface area contributed by atoms with Gasteiger partial charge in [0.1, 0.15) is 11.9 Å². The van der Waals surface area contributed by atoms with Crippen molar-refractivity contribution in [1.29, 1.82) is 0 Å². The van der Waals surface area contributed by atoms with Crippen molar-refractivity contribution in [3.05, 3.63) is 30.0 Å². The van der Waals surface area contributed by atoms with E-state index in [0.717, 1.165) is 28.8 Å². The van der Waals surface area contributed by atoms with Gasteiger partial charge in [0.05, 0.1) is 7.11 Å². The average molecular weight is 234 g/mol. The molecule has 0 bridgehead atoms. The molecule has 0 fully saturated rings. The highest BCUT2D eigenvalue weighted by molar-refractivity contribution is 5.82. The number of ether oxygens (including phenoxy) is 1. The Hall–Kier alpha value is -1.52. The van der Waals surface area contributed by atoms with Crippen LogP contribution in [-0.2, 0) is 0 Å². The van der Waals surface area contributed by atoms with Crippen molar-refractivity contribution in [1.82, 2.24) is 4.98 Å². The maximum absolute atomic E-state index is 10.0. The number of hydrogen-bond acceptors (Lipinski definition) is 3. The fourth-order valence-electron chi connectivity index (χ4n) is 1.87. The van der Waals surface area contributed by atoms with Crippen molar-refractivity contribution < 1.29 is 9.84 Å². The van der Waals surface area contributed by atoms with Crippen LogP contribution in [0.25, 0.3) is 10.9 Å². The Bertz CT molecular complexity index is 507. The summed E-state index contributed by atoms with van der Waals surface area (Å²) in [7, 11) is 1.63. The zero-order valence-electron chi connectivity index (χ0n) is 10.1. The summed E-state index contributed by atoms with van der Waals surface area (Å²) in [5.41, 5.74) is 7.53. The van der Waals surface area contributed by atoms with Crippen molar-refractivity contribution in [3.8, 4) is 5.75 Å². The van der Waals surface area contributed by atoms with Gasteiger partial charge in [-0.3, -0.25) is 0 Å². The first-order valence-corrected chi connectivity index (χ1v) is 5.76. The number of benzene rings is 1. The zero-order valence-corrected chi connectivity index (χ0v) is 10.1. The van der Waals surface area contributed by atoms with E-state index < -0.39 is 6.10 Å². The summed E-state index contributed by atoms with van der Waals surface area (Å²) in [6.45, 7) is 1.96. The summed E-state index contributed by atoms with van der Waals surface area (Å²) < 4.78 is 5.15. The number of aromatic amines is 1. The molecular weight excluding hydrogens is 216 g/mol. The zero-order chi connectivity index (χ0) is 12.4. The lowest BCUT2D eigenvalue weighted by molar-refractivity contribution is 0.141. The van der Waals surface area contributed by atoms with E-state index in [1.54, 1.807) is 7.11 Å². The number of nitrogens with one attached hydrogen (secondary N) is 1. The van der Waals surface area contributed by atoms with Crippen molar-refractivity contribution >= 4 is 10.9 Å². The monoisotopic (exact) mass is 234 g/mol. The van der Waals surface area contributed by atoms with Gasteiger partial charge in [0.25, 0.3) is 0 Å². The Morgan fingerprint density at radius 2 is 2.18 bits per heavy atom. The third-order valence-electron chi connectivity index (χ3n) is 3.05. The highest BCUT2D eigenvalue weighted by atomic mass is 16.5. The van der Waals surface area contributed by atoms with Crippen LogP contribution in [-0.4, -0.2) is 23.2 Å². The predicted octanol–water partition coefficient (Wildman–Crippen LogP) is 1.95. The highest BCUT2D eigenvalue weighted by Gasteiger charge is 2.17. The molecule has 0 aliphatic rings. The smallest absolute Gasteiger partial charge is 0.120 e. The van der Waals surface area contributed by atoms with Crippen LogP contribution in [0.1, 0.15) is 25.1 Å². The maximum Gasteiger partial charge on any atom is 0.120 e. The molecule has 0 aliphatic carbocycles. The second-order valence-electron chi connectivity index (χ2n) is 4.19. The molecule has 2 aromatic rings. The van der Waals surface area contributed by atoms with Gasteiger partial charge in [-0.05, 0) is 24.6 Å². The molecule has 4 N–H and O–H groups in total. The molecule has 4 nitrogen and oxygen atoms in total. The van der Waals surface area contributed by atoms with Crippen LogP contribution < -0.4 is 10.5 Å². The van der Waals surface area contributed by atoms with Gasteiger partial charge < -0.3 is 20.6 Å². The first-order valence-electron chi connectivity index (χ1n) is 5.76. The van der Waals surface area contributed by atoms with Crippen LogP contribution in [0.4, 0.5) is 0 Å². The van der Waals surface area contributed by atoms with Gasteiger partial charge in [0.2, 0.25) is 0 Å². The molecule has 92 valence electrons. The molecule has 1 aromatic carbocycles. The average Bonchev–Trinajstić information content (AvgIpc) is 2.79. The number of aliphatic hydroxyl groups excluding tert-OH is 1. The Balaban J connectivity index is 2.37. The standard InChI is InChI=1S/C13H18N2O2/c1-3-10(14)13(16)12-6-8-4-5-9(17-2)7-11(8)15-12/h4-7,10,13,15-16H,3,14H2,1-2H3. The van der Waals surface area contributed by atoms with E-state index in [4.69, 9.17) is 10.5 Å². The number of aliphatic hydroxyl groups is 1. The molecule has 0 spiro atoms. The quantitative estimate of drug-likeness (QED) is 0.757. The first kappa shape index (κ1) is 12.0. The Morgan fingerprint density at radius 1 is 1.41 bits per heavy atom. The lowest BCUT2D eigenvalue weighted by atomic mass is 10.1. The molecule has 0 radical (unpaired) electrons. The third-order valence-corrected chi connectivity index (χ3v) is 3.05. The van der Waals surface area contributed by atoms with Gasteiger partial charge in [0, 0.05) is 28.7 Å². The van der Waals surface area contributed by atoms with Gasteiger partial charge in [-0.1, -0.05) is 6.92 Å². The summed E-state index contributed by atoms with van der Waals surface area (Å²) in [4.78, 5) is 3.18. The van der Waals surface area contributed by atoms with Crippen molar-refractivity contribution in [2.45, 2.75) is 25.5 Å². The van der Waals surface area contributed by atoms with E-state index in [1.165, 1.54) is 0 Å². The number of fused-ring (bicyclic) bond motifs is 1. The molecule has 2 rings (SSSR count). The SMILES string of the molecule is CCC(N)C(O)c1cc2ccc(OC)cc2[nH]1. The second-order valence-corrected chi connectivity index (χ2v) is 4.19. The number of H-pyrrole nitrogens is 1. The molecule has 2 unspecified atom stereocenters. The Morgan fingerprint density at radius 3 is 2.82 bits per heavy atom. The summed E-state index contributed by atoms with van der Waals surface area (Å²) in [6, 6.07) is 7.44. The largest absolute Gasteiger partial charge is 0.497 e. The summed E-state index contributed by atoms with van der Waals surface area (Å²) >= 11 is 0.